The molecule has 4 nitrogen and oxygen atoms in total. The van der Waals surface area contributed by atoms with Gasteiger partial charge in [0.2, 0.25) is 0 Å². The van der Waals surface area contributed by atoms with Crippen molar-refractivity contribution in [2.24, 2.45) is 0 Å². The van der Waals surface area contributed by atoms with Crippen LogP contribution in [0.3, 0.4) is 0 Å². The number of rotatable bonds is 4. The first-order chi connectivity index (χ1) is 9.33. The van der Waals surface area contributed by atoms with E-state index in [2.05, 4.69) is 34.3 Å². The molecule has 0 saturated carbocycles. The van der Waals surface area contributed by atoms with Crippen molar-refractivity contribution in [2.75, 3.05) is 6.54 Å². The second kappa shape index (κ2) is 5.36. The minimum atomic E-state index is 0.181. The monoisotopic (exact) mass is 255 g/mol. The van der Waals surface area contributed by atoms with E-state index in [9.17, 15) is 0 Å². The molecule has 19 heavy (non-hydrogen) atoms. The van der Waals surface area contributed by atoms with Crippen LogP contribution in [-0.2, 0) is 6.42 Å². The molecule has 98 valence electrons. The molecule has 0 aliphatic carbocycles. The summed E-state index contributed by atoms with van der Waals surface area (Å²) in [6.45, 7) is 2.90. The number of benzene rings is 1. The Hall–Kier alpha value is -1.94. The number of hydrogen-bond acceptors (Lipinski definition) is 4. The Bertz CT molecular complexity index is 519. The molecule has 0 fully saturated rings. The van der Waals surface area contributed by atoms with E-state index in [0.717, 1.165) is 24.4 Å². The van der Waals surface area contributed by atoms with E-state index in [1.807, 2.05) is 12.1 Å². The van der Waals surface area contributed by atoms with Crippen molar-refractivity contribution in [3.05, 3.63) is 54.1 Å². The Labute approximate surface area is 112 Å². The number of hydrogen-bond donors (Lipinski definition) is 1. The molecule has 0 bridgehead atoms. The van der Waals surface area contributed by atoms with E-state index >= 15 is 0 Å². The van der Waals surface area contributed by atoms with E-state index in [0.29, 0.717) is 0 Å². The van der Waals surface area contributed by atoms with Crippen molar-refractivity contribution in [3.8, 4) is 5.75 Å². The van der Waals surface area contributed by atoms with Crippen LogP contribution in [0, 0.1) is 0 Å². The van der Waals surface area contributed by atoms with Crippen molar-refractivity contribution in [1.29, 1.82) is 0 Å². The molecule has 0 amide bonds. The number of ether oxygens (including phenoxy) is 1. The molecule has 2 heterocycles. The third-order valence-electron chi connectivity index (χ3n) is 3.39. The van der Waals surface area contributed by atoms with Crippen LogP contribution >= 0.6 is 0 Å². The zero-order valence-corrected chi connectivity index (χ0v) is 10.9. The molecule has 1 aromatic carbocycles. The van der Waals surface area contributed by atoms with Crippen LogP contribution in [0.25, 0.3) is 0 Å². The molecule has 1 aliphatic heterocycles. The normalized spacial score (nSPS) is 18.7. The summed E-state index contributed by atoms with van der Waals surface area (Å²) in [5, 5.41) is 3.45. The van der Waals surface area contributed by atoms with Gasteiger partial charge in [0, 0.05) is 37.6 Å². The highest BCUT2D eigenvalue weighted by Gasteiger charge is 2.22. The number of para-hydroxylation sites is 1. The van der Waals surface area contributed by atoms with Crippen LogP contribution in [0.15, 0.2) is 42.9 Å². The standard InChI is InChI=1S/C15H17N3O/c1-11(14-10-16-6-7-17-14)18-9-13-8-12-4-2-3-5-15(12)19-13/h2-7,10-11,13,18H,8-9H2,1H3. The van der Waals surface area contributed by atoms with Crippen molar-refractivity contribution >= 4 is 0 Å². The van der Waals surface area contributed by atoms with E-state index < -0.39 is 0 Å². The fourth-order valence-corrected chi connectivity index (χ4v) is 2.31. The minimum absolute atomic E-state index is 0.181. The average Bonchev–Trinajstić information content (AvgIpc) is 2.88. The third-order valence-corrected chi connectivity index (χ3v) is 3.39. The highest BCUT2D eigenvalue weighted by atomic mass is 16.5. The van der Waals surface area contributed by atoms with Gasteiger partial charge in [-0.1, -0.05) is 18.2 Å². The second-order valence-electron chi connectivity index (χ2n) is 4.81. The van der Waals surface area contributed by atoms with Crippen molar-refractivity contribution in [2.45, 2.75) is 25.5 Å². The lowest BCUT2D eigenvalue weighted by atomic mass is 10.1. The third kappa shape index (κ3) is 2.74. The van der Waals surface area contributed by atoms with Gasteiger partial charge in [0.1, 0.15) is 11.9 Å². The zero-order chi connectivity index (χ0) is 13.1. The highest BCUT2D eigenvalue weighted by molar-refractivity contribution is 5.37. The first-order valence-electron chi connectivity index (χ1n) is 6.57. The van der Waals surface area contributed by atoms with E-state index in [1.165, 1.54) is 5.56 Å². The van der Waals surface area contributed by atoms with Crippen molar-refractivity contribution in [3.63, 3.8) is 0 Å². The predicted molar refractivity (Wildman–Crippen MR) is 73.0 cm³/mol. The SMILES string of the molecule is CC(NCC1Cc2ccccc2O1)c1cnccn1. The fourth-order valence-electron chi connectivity index (χ4n) is 2.31. The maximum Gasteiger partial charge on any atom is 0.123 e. The fraction of sp³-hybridized carbons (Fsp3) is 0.333. The summed E-state index contributed by atoms with van der Waals surface area (Å²) < 4.78 is 5.89. The summed E-state index contributed by atoms with van der Waals surface area (Å²) in [6.07, 6.45) is 6.37. The molecular formula is C15H17N3O. The summed E-state index contributed by atoms with van der Waals surface area (Å²) in [5.74, 6) is 1.02. The lowest BCUT2D eigenvalue weighted by Gasteiger charge is -2.16. The van der Waals surface area contributed by atoms with Crippen LogP contribution in [0.4, 0.5) is 0 Å². The number of aromatic nitrogens is 2. The molecule has 0 spiro atoms. The summed E-state index contributed by atoms with van der Waals surface area (Å²) >= 11 is 0. The van der Waals surface area contributed by atoms with Gasteiger partial charge in [-0.2, -0.15) is 0 Å². The Morgan fingerprint density at radius 3 is 3.05 bits per heavy atom. The Balaban J connectivity index is 1.55. The van der Waals surface area contributed by atoms with Gasteiger partial charge >= 0.3 is 0 Å². The van der Waals surface area contributed by atoms with Gasteiger partial charge in [-0.25, -0.2) is 0 Å². The van der Waals surface area contributed by atoms with Gasteiger partial charge in [0.15, 0.2) is 0 Å². The summed E-state index contributed by atoms with van der Waals surface area (Å²) in [7, 11) is 0. The van der Waals surface area contributed by atoms with Crippen LogP contribution < -0.4 is 10.1 Å². The number of nitrogens with zero attached hydrogens (tertiary/aromatic N) is 2. The first-order valence-corrected chi connectivity index (χ1v) is 6.57. The Kier molecular flexibility index (Phi) is 3.42. The highest BCUT2D eigenvalue weighted by Crippen LogP contribution is 2.27. The molecule has 0 radical (unpaired) electrons. The molecule has 2 aromatic rings. The zero-order valence-electron chi connectivity index (χ0n) is 10.9. The van der Waals surface area contributed by atoms with Gasteiger partial charge in [0.05, 0.1) is 5.69 Å². The lowest BCUT2D eigenvalue weighted by Crippen LogP contribution is -2.32. The first kappa shape index (κ1) is 12.1. The van der Waals surface area contributed by atoms with Gasteiger partial charge in [-0.15, -0.1) is 0 Å². The maximum absolute atomic E-state index is 5.89. The topological polar surface area (TPSA) is 47.0 Å². The number of nitrogens with one attached hydrogen (secondary N) is 1. The second-order valence-corrected chi connectivity index (χ2v) is 4.81. The summed E-state index contributed by atoms with van der Waals surface area (Å²) in [6, 6.07) is 8.40. The molecule has 3 rings (SSSR count). The maximum atomic E-state index is 5.89. The quantitative estimate of drug-likeness (QED) is 0.909. The predicted octanol–water partition coefficient (Wildman–Crippen LogP) is 2.13. The molecule has 1 aromatic heterocycles. The van der Waals surface area contributed by atoms with E-state index in [-0.39, 0.29) is 12.1 Å². The smallest absolute Gasteiger partial charge is 0.123 e. The van der Waals surface area contributed by atoms with Crippen molar-refractivity contribution < 1.29 is 4.74 Å². The van der Waals surface area contributed by atoms with E-state index in [1.54, 1.807) is 18.6 Å². The average molecular weight is 255 g/mol. The van der Waals surface area contributed by atoms with Crippen LogP contribution in [0.1, 0.15) is 24.2 Å². The summed E-state index contributed by atoms with van der Waals surface area (Å²) in [4.78, 5) is 8.38. The minimum Gasteiger partial charge on any atom is -0.488 e. The molecular weight excluding hydrogens is 238 g/mol. The summed E-state index contributed by atoms with van der Waals surface area (Å²) in [5.41, 5.74) is 2.25. The van der Waals surface area contributed by atoms with Gasteiger partial charge < -0.3 is 10.1 Å². The lowest BCUT2D eigenvalue weighted by molar-refractivity contribution is 0.222. The van der Waals surface area contributed by atoms with Crippen molar-refractivity contribution in [1.82, 2.24) is 15.3 Å². The molecule has 0 saturated heterocycles. The largest absolute Gasteiger partial charge is 0.488 e. The molecule has 1 aliphatic rings. The van der Waals surface area contributed by atoms with Gasteiger partial charge in [-0.3, -0.25) is 9.97 Å². The molecule has 2 unspecified atom stereocenters. The molecule has 1 N–H and O–H groups in total. The molecule has 2 atom stereocenters. The van der Waals surface area contributed by atoms with Gasteiger partial charge in [0.25, 0.3) is 0 Å². The Morgan fingerprint density at radius 1 is 1.37 bits per heavy atom. The molecule has 4 heteroatoms. The van der Waals surface area contributed by atoms with Crippen LogP contribution in [0.2, 0.25) is 0 Å². The van der Waals surface area contributed by atoms with Crippen LogP contribution in [-0.4, -0.2) is 22.6 Å². The van der Waals surface area contributed by atoms with Gasteiger partial charge in [-0.05, 0) is 18.6 Å². The van der Waals surface area contributed by atoms with Crippen LogP contribution in [0.5, 0.6) is 5.75 Å². The number of fused-ring (bicyclic) bond motifs is 1. The van der Waals surface area contributed by atoms with E-state index in [4.69, 9.17) is 4.74 Å². The Morgan fingerprint density at radius 2 is 2.26 bits per heavy atom.